The Morgan fingerprint density at radius 2 is 2.05 bits per heavy atom. The topological polar surface area (TPSA) is 37.3 Å². The molecule has 1 amide bonds. The minimum Gasteiger partial charge on any atom is -0.345 e. The maximum atomic E-state index is 12.5. The van der Waals surface area contributed by atoms with E-state index in [0.29, 0.717) is 16.8 Å². The van der Waals surface area contributed by atoms with Crippen molar-refractivity contribution in [3.8, 4) is 0 Å². The highest BCUT2D eigenvalue weighted by Crippen LogP contribution is 2.26. The normalized spacial score (nSPS) is 23.1. The van der Waals surface area contributed by atoms with E-state index in [1.54, 1.807) is 12.3 Å². The van der Waals surface area contributed by atoms with Crippen LogP contribution in [0.5, 0.6) is 0 Å². The minimum absolute atomic E-state index is 0. The molecule has 118 valence electrons. The van der Waals surface area contributed by atoms with Gasteiger partial charge in [0.15, 0.2) is 0 Å². The van der Waals surface area contributed by atoms with Gasteiger partial charge in [0.25, 0.3) is 5.91 Å². The first-order valence-electron chi connectivity index (χ1n) is 7.49. The summed E-state index contributed by atoms with van der Waals surface area (Å²) >= 11 is 5.96. The highest BCUT2D eigenvalue weighted by molar-refractivity contribution is 6.31. The van der Waals surface area contributed by atoms with E-state index in [4.69, 9.17) is 11.6 Å². The van der Waals surface area contributed by atoms with Gasteiger partial charge >= 0.3 is 0 Å². The van der Waals surface area contributed by atoms with Crippen LogP contribution in [0.2, 0.25) is 5.02 Å². The van der Waals surface area contributed by atoms with Crippen molar-refractivity contribution in [3.05, 3.63) is 23.0 Å². The average molecular weight is 332 g/mol. The molecule has 1 unspecified atom stereocenters. The molecule has 2 fully saturated rings. The molecule has 2 aliphatic rings. The lowest BCUT2D eigenvalue weighted by atomic mass is 9.88. The SMILES string of the molecule is Cl.Cn1cc(Cl)cc1C(=O)N1CCC(C2CCCN2)CC1. The van der Waals surface area contributed by atoms with Crippen LogP contribution < -0.4 is 5.32 Å². The van der Waals surface area contributed by atoms with Gasteiger partial charge in [-0.25, -0.2) is 0 Å². The van der Waals surface area contributed by atoms with E-state index < -0.39 is 0 Å². The van der Waals surface area contributed by atoms with Crippen LogP contribution in [-0.2, 0) is 7.05 Å². The van der Waals surface area contributed by atoms with Gasteiger partial charge in [0.1, 0.15) is 5.69 Å². The molecule has 21 heavy (non-hydrogen) atoms. The largest absolute Gasteiger partial charge is 0.345 e. The van der Waals surface area contributed by atoms with Crippen LogP contribution in [0.3, 0.4) is 0 Å². The van der Waals surface area contributed by atoms with E-state index in [1.165, 1.54) is 12.8 Å². The summed E-state index contributed by atoms with van der Waals surface area (Å²) in [6, 6.07) is 2.44. The van der Waals surface area contributed by atoms with Crippen LogP contribution >= 0.6 is 24.0 Å². The first-order chi connectivity index (χ1) is 9.65. The van der Waals surface area contributed by atoms with Crippen molar-refractivity contribution in [2.75, 3.05) is 19.6 Å². The molecule has 6 heteroatoms. The third-order valence-electron chi connectivity index (χ3n) is 4.68. The number of carbonyl (C=O) groups excluding carboxylic acids is 1. The number of likely N-dealkylation sites (tertiary alicyclic amines) is 1. The third-order valence-corrected chi connectivity index (χ3v) is 4.89. The second kappa shape index (κ2) is 7.03. The van der Waals surface area contributed by atoms with Crippen LogP contribution in [0.15, 0.2) is 12.3 Å². The molecule has 3 rings (SSSR count). The predicted octanol–water partition coefficient (Wildman–Crippen LogP) is 2.70. The van der Waals surface area contributed by atoms with Crippen molar-refractivity contribution in [1.82, 2.24) is 14.8 Å². The average Bonchev–Trinajstić information content (AvgIpc) is 3.08. The Balaban J connectivity index is 0.00000161. The number of carbonyl (C=O) groups is 1. The molecular weight excluding hydrogens is 309 g/mol. The zero-order valence-corrected chi connectivity index (χ0v) is 13.9. The smallest absolute Gasteiger partial charge is 0.270 e. The molecule has 1 atom stereocenters. The maximum Gasteiger partial charge on any atom is 0.270 e. The van der Waals surface area contributed by atoms with Gasteiger partial charge < -0.3 is 14.8 Å². The number of rotatable bonds is 2. The number of piperidine rings is 1. The Morgan fingerprint density at radius 3 is 2.57 bits per heavy atom. The van der Waals surface area contributed by atoms with Crippen LogP contribution in [0, 0.1) is 5.92 Å². The van der Waals surface area contributed by atoms with Crippen LogP contribution in [0.1, 0.15) is 36.2 Å². The molecule has 0 saturated carbocycles. The molecule has 0 bridgehead atoms. The zero-order valence-electron chi connectivity index (χ0n) is 12.3. The van der Waals surface area contributed by atoms with Gasteiger partial charge in [0.05, 0.1) is 5.02 Å². The van der Waals surface area contributed by atoms with Crippen molar-refractivity contribution in [2.45, 2.75) is 31.7 Å². The summed E-state index contributed by atoms with van der Waals surface area (Å²) in [6.07, 6.45) is 6.60. The van der Waals surface area contributed by atoms with E-state index in [-0.39, 0.29) is 18.3 Å². The zero-order chi connectivity index (χ0) is 14.1. The summed E-state index contributed by atoms with van der Waals surface area (Å²) in [5.41, 5.74) is 0.687. The van der Waals surface area contributed by atoms with Gasteiger partial charge in [-0.1, -0.05) is 11.6 Å². The van der Waals surface area contributed by atoms with E-state index in [1.807, 2.05) is 16.5 Å². The van der Waals surface area contributed by atoms with Crippen LogP contribution in [-0.4, -0.2) is 41.1 Å². The van der Waals surface area contributed by atoms with Gasteiger partial charge in [-0.3, -0.25) is 4.79 Å². The van der Waals surface area contributed by atoms with Gasteiger partial charge in [0.2, 0.25) is 0 Å². The number of hydrogen-bond acceptors (Lipinski definition) is 2. The molecule has 2 saturated heterocycles. The van der Waals surface area contributed by atoms with Crippen molar-refractivity contribution in [2.24, 2.45) is 13.0 Å². The molecule has 0 spiro atoms. The Labute approximate surface area is 137 Å². The van der Waals surface area contributed by atoms with Gasteiger partial charge in [-0.2, -0.15) is 0 Å². The molecule has 4 nitrogen and oxygen atoms in total. The lowest BCUT2D eigenvalue weighted by Gasteiger charge is -2.35. The van der Waals surface area contributed by atoms with Crippen molar-refractivity contribution < 1.29 is 4.79 Å². The Bertz CT molecular complexity index is 489. The standard InChI is InChI=1S/C15H22ClN3O.ClH/c1-18-10-12(16)9-14(18)15(20)19-7-4-11(5-8-19)13-3-2-6-17-13;/h9-11,13,17H,2-8H2,1H3;1H. The van der Waals surface area contributed by atoms with Gasteiger partial charge in [-0.05, 0) is 44.2 Å². The van der Waals surface area contributed by atoms with Crippen LogP contribution in [0.4, 0.5) is 0 Å². The molecule has 1 aromatic rings. The predicted molar refractivity (Wildman–Crippen MR) is 87.3 cm³/mol. The lowest BCUT2D eigenvalue weighted by molar-refractivity contribution is 0.0665. The summed E-state index contributed by atoms with van der Waals surface area (Å²) in [5, 5.41) is 4.22. The van der Waals surface area contributed by atoms with Gasteiger partial charge in [-0.15, -0.1) is 12.4 Å². The molecule has 1 N–H and O–H groups in total. The monoisotopic (exact) mass is 331 g/mol. The number of nitrogens with one attached hydrogen (secondary N) is 1. The quantitative estimate of drug-likeness (QED) is 0.904. The van der Waals surface area contributed by atoms with Gasteiger partial charge in [0, 0.05) is 32.4 Å². The van der Waals surface area contributed by atoms with Crippen molar-refractivity contribution in [3.63, 3.8) is 0 Å². The molecule has 0 aromatic carbocycles. The molecule has 0 aliphatic carbocycles. The van der Waals surface area contributed by atoms with Crippen molar-refractivity contribution >= 4 is 29.9 Å². The number of aryl methyl sites for hydroxylation is 1. The number of halogens is 2. The fourth-order valence-electron chi connectivity index (χ4n) is 3.52. The molecule has 2 aliphatic heterocycles. The number of hydrogen-bond donors (Lipinski definition) is 1. The number of aromatic nitrogens is 1. The molecular formula is C15H23Cl2N3O. The summed E-state index contributed by atoms with van der Waals surface area (Å²) in [6.45, 7) is 2.89. The van der Waals surface area contributed by atoms with E-state index in [2.05, 4.69) is 5.32 Å². The third kappa shape index (κ3) is 3.55. The number of nitrogens with zero attached hydrogens (tertiary/aromatic N) is 2. The summed E-state index contributed by atoms with van der Waals surface area (Å²) in [5.74, 6) is 0.843. The maximum absolute atomic E-state index is 12.5. The Morgan fingerprint density at radius 1 is 1.33 bits per heavy atom. The lowest BCUT2D eigenvalue weighted by Crippen LogP contribution is -2.43. The fraction of sp³-hybridized carbons (Fsp3) is 0.667. The Kier molecular flexibility index (Phi) is 5.58. The summed E-state index contributed by atoms with van der Waals surface area (Å²) < 4.78 is 1.81. The summed E-state index contributed by atoms with van der Waals surface area (Å²) in [4.78, 5) is 14.5. The second-order valence-corrected chi connectivity index (χ2v) is 6.42. The first-order valence-corrected chi connectivity index (χ1v) is 7.87. The highest BCUT2D eigenvalue weighted by atomic mass is 35.5. The highest BCUT2D eigenvalue weighted by Gasteiger charge is 2.30. The first kappa shape index (κ1) is 16.7. The fourth-order valence-corrected chi connectivity index (χ4v) is 3.77. The second-order valence-electron chi connectivity index (χ2n) is 5.99. The molecule has 1 aromatic heterocycles. The van der Waals surface area contributed by atoms with E-state index >= 15 is 0 Å². The van der Waals surface area contributed by atoms with Crippen molar-refractivity contribution in [1.29, 1.82) is 0 Å². The van der Waals surface area contributed by atoms with E-state index in [0.717, 1.165) is 38.4 Å². The molecule has 3 heterocycles. The van der Waals surface area contributed by atoms with Crippen LogP contribution in [0.25, 0.3) is 0 Å². The number of amides is 1. The summed E-state index contributed by atoms with van der Waals surface area (Å²) in [7, 11) is 1.87. The minimum atomic E-state index is 0. The molecule has 0 radical (unpaired) electrons. The van der Waals surface area contributed by atoms with E-state index in [9.17, 15) is 4.79 Å². The Hall–Kier alpha value is -0.710.